The molecule has 1 aliphatic rings. The SMILES string of the molecule is N#C[C@@H]1O[C@H](COC(=O)c2ccc([N+](=O)[O-])cc2)[C@@H](OC(=O)c2ccc([N+](=O)[O-])cc2)[C@H]1OC(=O)c1ccc([N+](=O)[O-])cc1. The minimum atomic E-state index is -1.58. The van der Waals surface area contributed by atoms with Crippen LogP contribution < -0.4 is 0 Å². The molecule has 3 aromatic rings. The number of hydrogen-bond acceptors (Lipinski definition) is 14. The Balaban J connectivity index is 1.56. The molecular weight excluding hydrogens is 588 g/mol. The summed E-state index contributed by atoms with van der Waals surface area (Å²) >= 11 is 0. The maximum absolute atomic E-state index is 13.0. The van der Waals surface area contributed by atoms with Gasteiger partial charge in [-0.2, -0.15) is 5.26 Å². The van der Waals surface area contributed by atoms with Crippen LogP contribution in [0, 0.1) is 41.7 Å². The number of nitrogens with zero attached hydrogens (tertiary/aromatic N) is 4. The van der Waals surface area contributed by atoms with Gasteiger partial charge in [-0.1, -0.05) is 0 Å². The van der Waals surface area contributed by atoms with Crippen LogP contribution in [0.5, 0.6) is 0 Å². The Hall–Kier alpha value is -6.28. The largest absolute Gasteiger partial charge is 0.459 e. The quantitative estimate of drug-likeness (QED) is 0.139. The number of nitriles is 1. The van der Waals surface area contributed by atoms with Gasteiger partial charge in [0.05, 0.1) is 37.5 Å². The predicted molar refractivity (Wildman–Crippen MR) is 142 cm³/mol. The van der Waals surface area contributed by atoms with Crippen LogP contribution in [0.2, 0.25) is 0 Å². The normalized spacial score (nSPS) is 18.8. The number of nitro groups is 3. The second-order valence-electron chi connectivity index (χ2n) is 8.97. The van der Waals surface area contributed by atoms with Crippen LogP contribution in [0.3, 0.4) is 0 Å². The Bertz CT molecular complexity index is 1650. The van der Waals surface area contributed by atoms with Gasteiger partial charge in [0.1, 0.15) is 12.7 Å². The van der Waals surface area contributed by atoms with Crippen LogP contribution in [-0.4, -0.2) is 63.7 Å². The van der Waals surface area contributed by atoms with Crippen molar-refractivity contribution in [2.45, 2.75) is 24.4 Å². The number of benzene rings is 3. The number of carbonyl (C=O) groups excluding carboxylic acids is 3. The topological polar surface area (TPSA) is 241 Å². The van der Waals surface area contributed by atoms with E-state index in [1.807, 2.05) is 0 Å². The highest BCUT2D eigenvalue weighted by Gasteiger charge is 2.50. The van der Waals surface area contributed by atoms with Crippen molar-refractivity contribution < 1.29 is 48.1 Å². The van der Waals surface area contributed by atoms with Gasteiger partial charge >= 0.3 is 17.9 Å². The molecule has 0 N–H and O–H groups in total. The van der Waals surface area contributed by atoms with Gasteiger partial charge in [0.2, 0.25) is 0 Å². The monoisotopic (exact) mass is 606 g/mol. The second kappa shape index (κ2) is 13.1. The van der Waals surface area contributed by atoms with E-state index in [9.17, 15) is 50.0 Å². The number of non-ortho nitro benzene ring substituents is 3. The van der Waals surface area contributed by atoms with Crippen molar-refractivity contribution in [2.24, 2.45) is 0 Å². The molecule has 0 bridgehead atoms. The maximum atomic E-state index is 13.0. The fourth-order valence-corrected chi connectivity index (χ4v) is 4.02. The molecule has 1 fully saturated rings. The number of carbonyl (C=O) groups is 3. The molecule has 4 atom stereocenters. The molecule has 1 saturated heterocycles. The predicted octanol–water partition coefficient (Wildman–Crippen LogP) is 3.31. The highest BCUT2D eigenvalue weighted by molar-refractivity contribution is 5.91. The van der Waals surface area contributed by atoms with E-state index in [0.717, 1.165) is 72.8 Å². The Labute approximate surface area is 245 Å². The van der Waals surface area contributed by atoms with Gasteiger partial charge in [-0.15, -0.1) is 0 Å². The van der Waals surface area contributed by atoms with Crippen LogP contribution in [0.1, 0.15) is 31.1 Å². The molecule has 224 valence electrons. The van der Waals surface area contributed by atoms with Crippen molar-refractivity contribution in [3.05, 3.63) is 120 Å². The van der Waals surface area contributed by atoms with Gasteiger partial charge in [0.25, 0.3) is 17.1 Å². The summed E-state index contributed by atoms with van der Waals surface area (Å²) in [5.74, 6) is -3.03. The summed E-state index contributed by atoms with van der Waals surface area (Å²) in [5, 5.41) is 42.5. The molecule has 4 rings (SSSR count). The average molecular weight is 606 g/mol. The summed E-state index contributed by atoms with van der Waals surface area (Å²) in [6, 6.07) is 14.9. The van der Waals surface area contributed by atoms with E-state index in [0.29, 0.717) is 0 Å². The summed E-state index contributed by atoms with van der Waals surface area (Å²) in [5.41, 5.74) is -1.22. The summed E-state index contributed by atoms with van der Waals surface area (Å²) in [6.07, 6.45) is -6.02. The molecule has 1 aliphatic heterocycles. The molecule has 17 heteroatoms. The zero-order chi connectivity index (χ0) is 32.0. The molecule has 0 spiro atoms. The van der Waals surface area contributed by atoms with E-state index in [1.54, 1.807) is 6.07 Å². The van der Waals surface area contributed by atoms with Crippen LogP contribution in [0.15, 0.2) is 72.8 Å². The fourth-order valence-electron chi connectivity index (χ4n) is 4.02. The second-order valence-corrected chi connectivity index (χ2v) is 8.97. The molecule has 0 radical (unpaired) electrons. The Morgan fingerprint density at radius 2 is 1.02 bits per heavy atom. The molecule has 0 aromatic heterocycles. The van der Waals surface area contributed by atoms with E-state index in [1.165, 1.54) is 0 Å². The highest BCUT2D eigenvalue weighted by atomic mass is 16.7. The smallest absolute Gasteiger partial charge is 0.338 e. The van der Waals surface area contributed by atoms with E-state index in [2.05, 4.69) is 0 Å². The molecule has 3 aromatic carbocycles. The number of esters is 3. The van der Waals surface area contributed by atoms with E-state index < -0.39 is 63.7 Å². The number of hydrogen-bond donors (Lipinski definition) is 0. The first-order valence-electron chi connectivity index (χ1n) is 12.4. The van der Waals surface area contributed by atoms with E-state index >= 15 is 0 Å². The van der Waals surface area contributed by atoms with Crippen LogP contribution in [0.25, 0.3) is 0 Å². The third-order valence-corrected chi connectivity index (χ3v) is 6.24. The van der Waals surface area contributed by atoms with E-state index in [4.69, 9.17) is 18.9 Å². The zero-order valence-electron chi connectivity index (χ0n) is 22.0. The minimum absolute atomic E-state index is 0.0639. The molecule has 1 heterocycles. The zero-order valence-corrected chi connectivity index (χ0v) is 22.0. The van der Waals surface area contributed by atoms with Crippen molar-refractivity contribution in [2.75, 3.05) is 6.61 Å². The lowest BCUT2D eigenvalue weighted by molar-refractivity contribution is -0.385. The van der Waals surface area contributed by atoms with Gasteiger partial charge in [0.15, 0.2) is 18.3 Å². The lowest BCUT2D eigenvalue weighted by Crippen LogP contribution is -2.41. The molecule has 0 amide bonds. The van der Waals surface area contributed by atoms with Crippen LogP contribution in [0.4, 0.5) is 17.1 Å². The standard InChI is InChI=1S/C27H18N4O13/c28-13-21-23(43-26(33)16-3-9-19(10-4-16)30(37)38)24(44-27(34)17-5-11-20(12-6-17)31(39)40)22(42-21)14-41-25(32)15-1-7-18(8-2-15)29(35)36/h1-12,21-24H,14H2/t21-,22+,23-,24+/m0/s1. The van der Waals surface area contributed by atoms with Crippen molar-refractivity contribution in [3.63, 3.8) is 0 Å². The first-order chi connectivity index (χ1) is 21.0. The minimum Gasteiger partial charge on any atom is -0.459 e. The summed E-state index contributed by atoms with van der Waals surface area (Å²) in [6.45, 7) is -0.627. The van der Waals surface area contributed by atoms with Crippen molar-refractivity contribution in [1.29, 1.82) is 5.26 Å². The highest BCUT2D eigenvalue weighted by Crippen LogP contribution is 2.29. The Morgan fingerprint density at radius 1 is 0.659 bits per heavy atom. The number of nitro benzene ring substituents is 3. The first-order valence-corrected chi connectivity index (χ1v) is 12.4. The van der Waals surface area contributed by atoms with Gasteiger partial charge in [-0.3, -0.25) is 30.3 Å². The first kappa shape index (κ1) is 30.7. The summed E-state index contributed by atoms with van der Waals surface area (Å²) < 4.78 is 21.7. The molecule has 17 nitrogen and oxygen atoms in total. The van der Waals surface area contributed by atoms with Gasteiger partial charge in [0, 0.05) is 36.4 Å². The third kappa shape index (κ3) is 6.95. The summed E-state index contributed by atoms with van der Waals surface area (Å²) in [4.78, 5) is 69.2. The molecular formula is C27H18N4O13. The summed E-state index contributed by atoms with van der Waals surface area (Å²) in [7, 11) is 0. The molecule has 0 unspecified atom stereocenters. The molecule has 44 heavy (non-hydrogen) atoms. The number of rotatable bonds is 10. The lowest BCUT2D eigenvalue weighted by Gasteiger charge is -2.23. The molecule has 0 aliphatic carbocycles. The van der Waals surface area contributed by atoms with Crippen molar-refractivity contribution in [3.8, 4) is 6.07 Å². The fraction of sp³-hybridized carbons (Fsp3) is 0.185. The van der Waals surface area contributed by atoms with Crippen molar-refractivity contribution in [1.82, 2.24) is 0 Å². The van der Waals surface area contributed by atoms with Gasteiger partial charge in [-0.05, 0) is 36.4 Å². The lowest BCUT2D eigenvalue weighted by atomic mass is 10.1. The van der Waals surface area contributed by atoms with Crippen LogP contribution >= 0.6 is 0 Å². The number of ether oxygens (including phenoxy) is 4. The average Bonchev–Trinajstić information content (AvgIpc) is 3.35. The van der Waals surface area contributed by atoms with Crippen LogP contribution in [-0.2, 0) is 18.9 Å². The van der Waals surface area contributed by atoms with Gasteiger partial charge in [-0.25, -0.2) is 14.4 Å². The van der Waals surface area contributed by atoms with Gasteiger partial charge < -0.3 is 18.9 Å². The van der Waals surface area contributed by atoms with E-state index in [-0.39, 0.29) is 33.8 Å². The third-order valence-electron chi connectivity index (χ3n) is 6.24. The van der Waals surface area contributed by atoms with Crippen molar-refractivity contribution >= 4 is 35.0 Å². The Kier molecular flexibility index (Phi) is 9.16. The Morgan fingerprint density at radius 3 is 1.39 bits per heavy atom. The molecule has 0 saturated carbocycles. The maximum Gasteiger partial charge on any atom is 0.338 e.